The van der Waals surface area contributed by atoms with Gasteiger partial charge in [-0.2, -0.15) is 0 Å². The molecule has 7 heteroatoms. The van der Waals surface area contributed by atoms with Gasteiger partial charge in [-0.05, 0) is 54.1 Å². The summed E-state index contributed by atoms with van der Waals surface area (Å²) in [7, 11) is 0. The minimum Gasteiger partial charge on any atom is -0.478 e. The van der Waals surface area contributed by atoms with Crippen LogP contribution in [-0.2, 0) is 0 Å². The molecule has 0 atom stereocenters. The van der Waals surface area contributed by atoms with Crippen LogP contribution in [0, 0.1) is 0 Å². The fourth-order valence-electron chi connectivity index (χ4n) is 3.17. The van der Waals surface area contributed by atoms with Gasteiger partial charge in [-0.3, -0.25) is 4.90 Å². The zero-order chi connectivity index (χ0) is 20.5. The molecule has 0 aliphatic heterocycles. The Labute approximate surface area is 180 Å². The topological polar surface area (TPSA) is 66.3 Å². The third-order valence-corrected chi connectivity index (χ3v) is 6.92. The highest BCUT2D eigenvalue weighted by atomic mass is 32.1. The Morgan fingerprint density at radius 1 is 0.800 bits per heavy atom. The molecule has 1 aromatic carbocycles. The first-order valence-corrected chi connectivity index (χ1v) is 10.8. The summed E-state index contributed by atoms with van der Waals surface area (Å²) in [5, 5.41) is 10.1. The molecular formula is C23H15N3O2S2. The van der Waals surface area contributed by atoms with Crippen molar-refractivity contribution in [2.75, 3.05) is 4.90 Å². The number of thiophene rings is 2. The Kier molecular flexibility index (Phi) is 4.74. The first-order chi connectivity index (χ1) is 14.7. The smallest absolute Gasteiger partial charge is 0.335 e. The number of fused-ring (bicyclic) bond motifs is 1. The molecule has 1 N–H and O–H groups in total. The van der Waals surface area contributed by atoms with Gasteiger partial charge in [-0.1, -0.05) is 24.3 Å². The minimum atomic E-state index is -0.914. The summed E-state index contributed by atoms with van der Waals surface area (Å²) in [4.78, 5) is 23.3. The van der Waals surface area contributed by atoms with Crippen LogP contribution in [0.1, 0.15) is 10.4 Å². The number of rotatable bonds is 5. The molecule has 5 nitrogen and oxygen atoms in total. The first kappa shape index (κ1) is 18.5. The van der Waals surface area contributed by atoms with Crippen LogP contribution in [0.5, 0.6) is 0 Å². The van der Waals surface area contributed by atoms with E-state index in [0.29, 0.717) is 5.56 Å². The number of aromatic carboxylic acids is 1. The van der Waals surface area contributed by atoms with Gasteiger partial charge in [-0.25, -0.2) is 14.8 Å². The second-order valence-electron chi connectivity index (χ2n) is 6.52. The van der Waals surface area contributed by atoms with Gasteiger partial charge in [0.25, 0.3) is 0 Å². The fourth-order valence-corrected chi connectivity index (χ4v) is 5.58. The second-order valence-corrected chi connectivity index (χ2v) is 8.66. The van der Waals surface area contributed by atoms with Crippen LogP contribution in [0.3, 0.4) is 0 Å². The van der Waals surface area contributed by atoms with Crippen molar-refractivity contribution in [2.45, 2.75) is 0 Å². The normalized spacial score (nSPS) is 10.9. The highest BCUT2D eigenvalue weighted by molar-refractivity contribution is 7.31. The summed E-state index contributed by atoms with van der Waals surface area (Å²) in [5.41, 5.74) is 1.31. The molecule has 0 fully saturated rings. The largest absolute Gasteiger partial charge is 0.478 e. The summed E-state index contributed by atoms with van der Waals surface area (Å²) in [6.45, 7) is 0. The third-order valence-electron chi connectivity index (χ3n) is 4.59. The van der Waals surface area contributed by atoms with Crippen molar-refractivity contribution < 1.29 is 9.90 Å². The van der Waals surface area contributed by atoms with Crippen LogP contribution in [0.15, 0.2) is 85.2 Å². The van der Waals surface area contributed by atoms with Gasteiger partial charge < -0.3 is 5.11 Å². The predicted octanol–water partition coefficient (Wildman–Crippen LogP) is 6.59. The molecule has 146 valence electrons. The monoisotopic (exact) mass is 429 g/mol. The number of carbonyl (C=O) groups is 1. The summed E-state index contributed by atoms with van der Waals surface area (Å²) in [6.07, 6.45) is 3.56. The number of hydrogen-bond donors (Lipinski definition) is 1. The van der Waals surface area contributed by atoms with Crippen molar-refractivity contribution in [1.82, 2.24) is 9.97 Å². The van der Waals surface area contributed by atoms with Crippen molar-refractivity contribution in [2.24, 2.45) is 0 Å². The molecule has 0 amide bonds. The number of carboxylic acids is 1. The van der Waals surface area contributed by atoms with Crippen LogP contribution in [-0.4, -0.2) is 21.0 Å². The van der Waals surface area contributed by atoms with Crippen LogP contribution in [0.2, 0.25) is 0 Å². The standard InChI is InChI=1S/C23H15N3O2S2/c27-23(28)16-9-7-15(8-10-16)17-13-18-19(29-17)14-22(30-18)26(20-5-1-3-11-24-20)21-6-2-4-12-25-21/h1-14H,(H,27,28). The van der Waals surface area contributed by atoms with Crippen LogP contribution in [0.25, 0.3) is 19.8 Å². The average molecular weight is 430 g/mol. The molecule has 5 aromatic rings. The van der Waals surface area contributed by atoms with Gasteiger partial charge in [0.05, 0.1) is 5.56 Å². The lowest BCUT2D eigenvalue weighted by atomic mass is 10.1. The van der Waals surface area contributed by atoms with Crippen LogP contribution < -0.4 is 4.90 Å². The molecule has 0 radical (unpaired) electrons. The van der Waals surface area contributed by atoms with E-state index < -0.39 is 5.97 Å². The Morgan fingerprint density at radius 3 is 1.97 bits per heavy atom. The Hall–Kier alpha value is -3.55. The molecule has 5 rings (SSSR count). The molecule has 0 bridgehead atoms. The van der Waals surface area contributed by atoms with E-state index in [1.807, 2.05) is 48.5 Å². The summed E-state index contributed by atoms with van der Waals surface area (Å²) in [6, 6.07) is 23.0. The van der Waals surface area contributed by atoms with Gasteiger partial charge in [0.2, 0.25) is 0 Å². The lowest BCUT2D eigenvalue weighted by Crippen LogP contribution is -2.11. The quantitative estimate of drug-likeness (QED) is 0.341. The molecule has 0 saturated carbocycles. The van der Waals surface area contributed by atoms with E-state index in [0.717, 1.165) is 27.1 Å². The number of hydrogen-bond acceptors (Lipinski definition) is 6. The molecule has 4 heterocycles. The maximum Gasteiger partial charge on any atom is 0.335 e. The van der Waals surface area contributed by atoms with Gasteiger partial charge in [0.1, 0.15) is 16.6 Å². The maximum atomic E-state index is 11.1. The zero-order valence-electron chi connectivity index (χ0n) is 15.6. The molecule has 4 aromatic heterocycles. The van der Waals surface area contributed by atoms with E-state index in [2.05, 4.69) is 27.0 Å². The van der Waals surface area contributed by atoms with E-state index in [1.165, 1.54) is 9.40 Å². The number of benzene rings is 1. The molecule has 0 aliphatic carbocycles. The summed E-state index contributed by atoms with van der Waals surface area (Å²) >= 11 is 3.37. The Balaban J connectivity index is 1.54. The number of nitrogens with zero attached hydrogens (tertiary/aromatic N) is 3. The van der Waals surface area contributed by atoms with Crippen molar-refractivity contribution >= 4 is 54.7 Å². The van der Waals surface area contributed by atoms with Gasteiger partial charge in [0.15, 0.2) is 0 Å². The van der Waals surface area contributed by atoms with Gasteiger partial charge >= 0.3 is 5.97 Å². The SMILES string of the molecule is O=C(O)c1ccc(-c2cc3sc(N(c4ccccn4)c4ccccn4)cc3s2)cc1. The average Bonchev–Trinajstić information content (AvgIpc) is 3.35. The van der Waals surface area contributed by atoms with E-state index in [-0.39, 0.29) is 0 Å². The van der Waals surface area contributed by atoms with Crippen molar-refractivity contribution in [3.63, 3.8) is 0 Å². The minimum absolute atomic E-state index is 0.292. The van der Waals surface area contributed by atoms with Crippen LogP contribution in [0.4, 0.5) is 16.6 Å². The van der Waals surface area contributed by atoms with Crippen molar-refractivity contribution in [3.05, 3.63) is 90.8 Å². The lowest BCUT2D eigenvalue weighted by molar-refractivity contribution is 0.0697. The number of carboxylic acid groups (broad SMARTS) is 1. The number of aromatic nitrogens is 2. The lowest BCUT2D eigenvalue weighted by Gasteiger charge is -2.20. The van der Waals surface area contributed by atoms with Crippen molar-refractivity contribution in [1.29, 1.82) is 0 Å². The molecule has 0 unspecified atom stereocenters. The zero-order valence-corrected chi connectivity index (χ0v) is 17.2. The van der Waals surface area contributed by atoms with E-state index in [1.54, 1.807) is 47.2 Å². The Morgan fingerprint density at radius 2 is 1.43 bits per heavy atom. The van der Waals surface area contributed by atoms with Gasteiger partial charge in [-0.15, -0.1) is 22.7 Å². The highest BCUT2D eigenvalue weighted by Crippen LogP contribution is 2.44. The fraction of sp³-hybridized carbons (Fsp3) is 0. The predicted molar refractivity (Wildman–Crippen MR) is 122 cm³/mol. The highest BCUT2D eigenvalue weighted by Gasteiger charge is 2.18. The molecule has 0 spiro atoms. The van der Waals surface area contributed by atoms with E-state index in [9.17, 15) is 4.79 Å². The molecule has 0 saturated heterocycles. The summed E-state index contributed by atoms with van der Waals surface area (Å²) in [5.74, 6) is 0.715. The molecular weight excluding hydrogens is 414 g/mol. The number of pyridine rings is 2. The first-order valence-electron chi connectivity index (χ1n) is 9.18. The third kappa shape index (κ3) is 3.45. The number of anilines is 3. The molecule has 30 heavy (non-hydrogen) atoms. The van der Waals surface area contributed by atoms with E-state index in [4.69, 9.17) is 5.11 Å². The summed E-state index contributed by atoms with van der Waals surface area (Å²) < 4.78 is 2.34. The second kappa shape index (κ2) is 7.70. The molecule has 0 aliphatic rings. The van der Waals surface area contributed by atoms with Crippen LogP contribution >= 0.6 is 22.7 Å². The Bertz CT molecular complexity index is 1240. The van der Waals surface area contributed by atoms with E-state index >= 15 is 0 Å². The van der Waals surface area contributed by atoms with Crippen molar-refractivity contribution in [3.8, 4) is 10.4 Å². The van der Waals surface area contributed by atoms with Gasteiger partial charge in [0, 0.05) is 26.7 Å². The maximum absolute atomic E-state index is 11.1.